The van der Waals surface area contributed by atoms with Crippen molar-refractivity contribution in [1.29, 1.82) is 0 Å². The summed E-state index contributed by atoms with van der Waals surface area (Å²) < 4.78 is 5.48. The second kappa shape index (κ2) is 6.18. The van der Waals surface area contributed by atoms with Crippen molar-refractivity contribution in [3.05, 3.63) is 30.3 Å². The zero-order chi connectivity index (χ0) is 16.6. The molecule has 0 radical (unpaired) electrons. The second-order valence-electron chi connectivity index (χ2n) is 6.80. The molecule has 0 aliphatic carbocycles. The molecule has 6 nitrogen and oxygen atoms in total. The smallest absolute Gasteiger partial charge is 0.247 e. The van der Waals surface area contributed by atoms with E-state index < -0.39 is 5.54 Å². The first-order chi connectivity index (χ1) is 11.7. The van der Waals surface area contributed by atoms with Gasteiger partial charge in [0.1, 0.15) is 5.54 Å². The van der Waals surface area contributed by atoms with Crippen molar-refractivity contribution in [3.8, 4) is 0 Å². The molecule has 1 unspecified atom stereocenters. The number of rotatable bonds is 2. The minimum Gasteiger partial charge on any atom is -0.379 e. The predicted molar refractivity (Wildman–Crippen MR) is 89.7 cm³/mol. The molecule has 3 heterocycles. The molecule has 128 valence electrons. The predicted octanol–water partition coefficient (Wildman–Crippen LogP) is 0.773. The molecule has 3 fully saturated rings. The van der Waals surface area contributed by atoms with Crippen LogP contribution in [0.4, 0.5) is 5.69 Å². The third kappa shape index (κ3) is 2.50. The van der Waals surface area contributed by atoms with Gasteiger partial charge in [-0.25, -0.2) is 0 Å². The number of carbonyl (C=O) groups excluding carboxylic acids is 2. The van der Waals surface area contributed by atoms with Crippen LogP contribution in [0, 0.1) is 0 Å². The zero-order valence-corrected chi connectivity index (χ0v) is 13.7. The van der Waals surface area contributed by atoms with Crippen molar-refractivity contribution in [2.45, 2.75) is 30.8 Å². The maximum absolute atomic E-state index is 12.6. The third-order valence-corrected chi connectivity index (χ3v) is 5.61. The number of piperidine rings is 1. The second-order valence-corrected chi connectivity index (χ2v) is 6.80. The number of hydrogen-bond donors (Lipinski definition) is 1. The lowest BCUT2D eigenvalue weighted by Gasteiger charge is -2.45. The fraction of sp³-hybridized carbons (Fsp3) is 0.556. The Labute approximate surface area is 141 Å². The van der Waals surface area contributed by atoms with E-state index in [2.05, 4.69) is 15.1 Å². The fourth-order valence-corrected chi connectivity index (χ4v) is 4.17. The van der Waals surface area contributed by atoms with Gasteiger partial charge in [-0.15, -0.1) is 0 Å². The van der Waals surface area contributed by atoms with Crippen LogP contribution in [0.5, 0.6) is 0 Å². The molecule has 3 aliphatic heterocycles. The number of amides is 1. The van der Waals surface area contributed by atoms with Crippen LogP contribution < -0.4 is 10.2 Å². The molecule has 6 heteroatoms. The molecule has 1 N–H and O–H groups in total. The van der Waals surface area contributed by atoms with E-state index in [-0.39, 0.29) is 17.7 Å². The summed E-state index contributed by atoms with van der Waals surface area (Å²) in [6, 6.07) is 9.95. The van der Waals surface area contributed by atoms with Crippen molar-refractivity contribution in [2.24, 2.45) is 0 Å². The van der Waals surface area contributed by atoms with Crippen LogP contribution in [0.1, 0.15) is 19.3 Å². The van der Waals surface area contributed by atoms with Crippen molar-refractivity contribution in [3.63, 3.8) is 0 Å². The summed E-state index contributed by atoms with van der Waals surface area (Å²) in [7, 11) is 0. The monoisotopic (exact) mass is 329 g/mol. The Morgan fingerprint density at radius 2 is 1.88 bits per heavy atom. The van der Waals surface area contributed by atoms with E-state index in [4.69, 9.17) is 4.74 Å². The average molecular weight is 329 g/mol. The number of ketones is 1. The van der Waals surface area contributed by atoms with Crippen LogP contribution in [0.2, 0.25) is 0 Å². The first-order valence-corrected chi connectivity index (χ1v) is 8.66. The van der Waals surface area contributed by atoms with Crippen LogP contribution in [0.15, 0.2) is 30.3 Å². The maximum Gasteiger partial charge on any atom is 0.247 e. The van der Waals surface area contributed by atoms with Crippen LogP contribution in [-0.2, 0) is 14.3 Å². The highest BCUT2D eigenvalue weighted by Crippen LogP contribution is 2.36. The molecular formula is C18H23N3O3. The number of benzene rings is 1. The lowest BCUT2D eigenvalue weighted by molar-refractivity contribution is -0.134. The van der Waals surface area contributed by atoms with Gasteiger partial charge in [-0.2, -0.15) is 0 Å². The van der Waals surface area contributed by atoms with E-state index in [1.807, 2.05) is 30.3 Å². The number of nitrogens with zero attached hydrogens (tertiary/aromatic N) is 2. The Hall–Kier alpha value is -1.92. The molecule has 0 bridgehead atoms. The number of ether oxygens (including phenoxy) is 1. The lowest BCUT2D eigenvalue weighted by atomic mass is 9.84. The van der Waals surface area contributed by atoms with E-state index >= 15 is 0 Å². The summed E-state index contributed by atoms with van der Waals surface area (Å²) in [5.41, 5.74) is 0.581. The fourth-order valence-electron chi connectivity index (χ4n) is 4.17. The number of Topliss-reactive ketones (excluding diaryl/α,β-unsaturated/α-hetero) is 1. The van der Waals surface area contributed by atoms with Crippen molar-refractivity contribution >= 4 is 17.4 Å². The summed E-state index contributed by atoms with van der Waals surface area (Å²) >= 11 is 0. The van der Waals surface area contributed by atoms with Gasteiger partial charge in [0.05, 0.1) is 25.9 Å². The van der Waals surface area contributed by atoms with Crippen LogP contribution in [-0.4, -0.2) is 61.1 Å². The molecule has 3 saturated heterocycles. The van der Waals surface area contributed by atoms with E-state index in [1.165, 1.54) is 0 Å². The molecular weight excluding hydrogens is 306 g/mol. The van der Waals surface area contributed by atoms with Crippen molar-refractivity contribution in [1.82, 2.24) is 10.2 Å². The number of anilines is 1. The minimum atomic E-state index is -0.490. The van der Waals surface area contributed by atoms with Gasteiger partial charge in [0.25, 0.3) is 0 Å². The Kier molecular flexibility index (Phi) is 4.02. The topological polar surface area (TPSA) is 61.9 Å². The maximum atomic E-state index is 12.6. The van der Waals surface area contributed by atoms with Gasteiger partial charge in [0.15, 0.2) is 5.78 Å². The summed E-state index contributed by atoms with van der Waals surface area (Å²) in [6.07, 6.45) is 1.97. The van der Waals surface area contributed by atoms with Crippen LogP contribution >= 0.6 is 0 Å². The molecule has 1 spiro atoms. The molecule has 4 rings (SSSR count). The number of para-hydroxylation sites is 1. The van der Waals surface area contributed by atoms with Crippen LogP contribution in [0.25, 0.3) is 0 Å². The highest BCUT2D eigenvalue weighted by molar-refractivity contribution is 5.93. The van der Waals surface area contributed by atoms with Gasteiger partial charge in [0.2, 0.25) is 5.91 Å². The number of likely N-dealkylation sites (tertiary alicyclic amines) is 1. The first-order valence-electron chi connectivity index (χ1n) is 8.66. The first kappa shape index (κ1) is 15.6. The summed E-state index contributed by atoms with van der Waals surface area (Å²) in [5.74, 6) is 0.380. The number of carbonyl (C=O) groups is 2. The molecule has 0 aromatic heterocycles. The lowest BCUT2D eigenvalue weighted by Crippen LogP contribution is -2.60. The van der Waals surface area contributed by atoms with Gasteiger partial charge in [-0.1, -0.05) is 18.2 Å². The largest absolute Gasteiger partial charge is 0.379 e. The molecule has 24 heavy (non-hydrogen) atoms. The third-order valence-electron chi connectivity index (χ3n) is 5.61. The Balaban J connectivity index is 1.51. The summed E-state index contributed by atoms with van der Waals surface area (Å²) in [5, 5.41) is 3.01. The van der Waals surface area contributed by atoms with Crippen molar-refractivity contribution < 1.29 is 14.3 Å². The highest BCUT2D eigenvalue weighted by Gasteiger charge is 2.51. The summed E-state index contributed by atoms with van der Waals surface area (Å²) in [6.45, 7) is 3.07. The highest BCUT2D eigenvalue weighted by atomic mass is 16.5. The van der Waals surface area contributed by atoms with Crippen molar-refractivity contribution in [2.75, 3.05) is 37.9 Å². The average Bonchev–Trinajstić information content (AvgIpc) is 2.93. The van der Waals surface area contributed by atoms with Crippen LogP contribution in [0.3, 0.4) is 0 Å². The molecule has 1 atom stereocenters. The van der Waals surface area contributed by atoms with E-state index in [0.29, 0.717) is 26.3 Å². The zero-order valence-electron chi connectivity index (χ0n) is 13.7. The molecule has 0 saturated carbocycles. The van der Waals surface area contributed by atoms with E-state index in [1.54, 1.807) is 0 Å². The quantitative estimate of drug-likeness (QED) is 0.868. The molecule has 1 aromatic carbocycles. The van der Waals surface area contributed by atoms with Gasteiger partial charge in [-0.3, -0.25) is 14.5 Å². The molecule has 1 aromatic rings. The van der Waals surface area contributed by atoms with Gasteiger partial charge >= 0.3 is 0 Å². The standard InChI is InChI=1S/C18H23N3O3/c22-16-6-11-24-12-15(16)20-9-7-18(8-10-20)17(23)19-13-21(18)14-4-2-1-3-5-14/h1-5,15H,6-13H2,(H,19,23). The molecule has 3 aliphatic rings. The SMILES string of the molecule is O=C1CCOCC1N1CCC2(CC1)C(=O)NCN2c1ccccc1. The van der Waals surface area contributed by atoms with Gasteiger partial charge in [-0.05, 0) is 25.0 Å². The van der Waals surface area contributed by atoms with E-state index in [9.17, 15) is 9.59 Å². The Bertz CT molecular complexity index is 626. The summed E-state index contributed by atoms with van der Waals surface area (Å²) in [4.78, 5) is 29.1. The van der Waals surface area contributed by atoms with Gasteiger partial charge < -0.3 is 15.0 Å². The number of nitrogens with one attached hydrogen (secondary N) is 1. The Morgan fingerprint density at radius 3 is 2.58 bits per heavy atom. The van der Waals surface area contributed by atoms with Gasteiger partial charge in [0, 0.05) is 25.2 Å². The Morgan fingerprint density at radius 1 is 1.12 bits per heavy atom. The normalized spacial score (nSPS) is 27.5. The molecule has 1 amide bonds. The minimum absolute atomic E-state index is 0.109. The van der Waals surface area contributed by atoms with E-state index in [0.717, 1.165) is 31.6 Å². The number of hydrogen-bond acceptors (Lipinski definition) is 5.